The van der Waals surface area contributed by atoms with Crippen LogP contribution >= 0.6 is 35.0 Å². The number of nitrogens with zero attached hydrogens (tertiary/aromatic N) is 2. The third kappa shape index (κ3) is 5.60. The van der Waals surface area contributed by atoms with E-state index in [0.717, 1.165) is 0 Å². The van der Waals surface area contributed by atoms with Crippen LogP contribution in [0.3, 0.4) is 0 Å². The Kier molecular flexibility index (Phi) is 6.62. The Labute approximate surface area is 189 Å². The summed E-state index contributed by atoms with van der Waals surface area (Å²) in [4.78, 5) is 29.9. The molecule has 0 aliphatic carbocycles. The molecule has 2 saturated heterocycles. The van der Waals surface area contributed by atoms with Gasteiger partial charge in [0.25, 0.3) is 5.91 Å². The molecule has 2 aliphatic rings. The number of anilines is 1. The summed E-state index contributed by atoms with van der Waals surface area (Å²) in [6.07, 6.45) is -0.723. The van der Waals surface area contributed by atoms with Gasteiger partial charge in [0.15, 0.2) is 15.0 Å². The number of rotatable bonds is 3. The minimum atomic E-state index is -3.19. The van der Waals surface area contributed by atoms with Crippen molar-refractivity contribution in [3.63, 3.8) is 0 Å². The van der Waals surface area contributed by atoms with Crippen molar-refractivity contribution in [2.45, 2.75) is 37.7 Å². The smallest absolute Gasteiger partial charge is 0.408 e. The SMILES string of the molecule is CC(C)(C)OC(=O)NCC(=O)N=C1S[C@H]2CS(=O)(=O)C[C@H]2N1c1ccc(Cl)c(Cl)c1. The van der Waals surface area contributed by atoms with Gasteiger partial charge in [0, 0.05) is 10.9 Å². The van der Waals surface area contributed by atoms with Crippen LogP contribution in [0.2, 0.25) is 10.0 Å². The number of thioether (sulfide) groups is 1. The zero-order valence-corrected chi connectivity index (χ0v) is 19.7. The lowest BCUT2D eigenvalue weighted by molar-refractivity contribution is -0.117. The highest BCUT2D eigenvalue weighted by Crippen LogP contribution is 2.42. The van der Waals surface area contributed by atoms with Gasteiger partial charge in [-0.1, -0.05) is 35.0 Å². The van der Waals surface area contributed by atoms with Gasteiger partial charge >= 0.3 is 6.09 Å². The van der Waals surface area contributed by atoms with E-state index < -0.39 is 27.4 Å². The highest BCUT2D eigenvalue weighted by Gasteiger charge is 2.49. The normalized spacial score (nSPS) is 24.0. The Morgan fingerprint density at radius 3 is 2.60 bits per heavy atom. The van der Waals surface area contributed by atoms with Gasteiger partial charge in [0.2, 0.25) is 0 Å². The summed E-state index contributed by atoms with van der Waals surface area (Å²) in [5, 5.41) is 3.14. The molecule has 0 unspecified atom stereocenters. The highest BCUT2D eigenvalue weighted by atomic mass is 35.5. The first kappa shape index (κ1) is 23.2. The van der Waals surface area contributed by atoms with E-state index in [-0.39, 0.29) is 29.3 Å². The van der Waals surface area contributed by atoms with E-state index in [4.69, 9.17) is 27.9 Å². The summed E-state index contributed by atoms with van der Waals surface area (Å²) < 4.78 is 29.3. The Morgan fingerprint density at radius 2 is 1.97 bits per heavy atom. The lowest BCUT2D eigenvalue weighted by atomic mass is 10.2. The van der Waals surface area contributed by atoms with Crippen LogP contribution in [0.5, 0.6) is 0 Å². The van der Waals surface area contributed by atoms with Gasteiger partial charge in [-0.25, -0.2) is 13.2 Å². The van der Waals surface area contributed by atoms with Gasteiger partial charge in [-0.2, -0.15) is 4.99 Å². The molecule has 2 fully saturated rings. The Hall–Kier alpha value is -1.49. The largest absolute Gasteiger partial charge is 0.444 e. The van der Waals surface area contributed by atoms with E-state index in [0.29, 0.717) is 20.9 Å². The number of halogens is 2. The number of benzene rings is 1. The predicted octanol–water partition coefficient (Wildman–Crippen LogP) is 3.12. The summed E-state index contributed by atoms with van der Waals surface area (Å²) in [5.74, 6) is -0.631. The average molecular weight is 494 g/mol. The molecule has 0 saturated carbocycles. The standard InChI is InChI=1S/C18H21Cl2N3O5S2/c1-18(2,3)28-17(25)21-7-15(24)22-16-23(10-4-5-11(19)12(20)6-10)13-8-30(26,27)9-14(13)29-16/h4-6,13-14H,7-9H2,1-3H3,(H,21,25)/t13-,14+/m1/s1. The molecule has 0 aromatic heterocycles. The van der Waals surface area contributed by atoms with Crippen molar-refractivity contribution in [3.05, 3.63) is 28.2 Å². The van der Waals surface area contributed by atoms with Crippen LogP contribution in [0.25, 0.3) is 0 Å². The second-order valence-electron chi connectivity index (χ2n) is 7.91. The molecule has 0 radical (unpaired) electrons. The predicted molar refractivity (Wildman–Crippen MR) is 119 cm³/mol. The molecule has 2 amide bonds. The fraction of sp³-hybridized carbons (Fsp3) is 0.500. The molecule has 1 aromatic rings. The van der Waals surface area contributed by atoms with Crippen LogP contribution in [0.15, 0.2) is 23.2 Å². The molecular formula is C18H21Cl2N3O5S2. The molecule has 1 aromatic carbocycles. The second-order valence-corrected chi connectivity index (χ2v) is 12.1. The highest BCUT2D eigenvalue weighted by molar-refractivity contribution is 8.16. The zero-order valence-electron chi connectivity index (χ0n) is 16.5. The molecule has 12 heteroatoms. The number of alkyl carbamates (subject to hydrolysis) is 1. The maximum absolute atomic E-state index is 12.4. The van der Waals surface area contributed by atoms with Crippen molar-refractivity contribution in [1.82, 2.24) is 5.32 Å². The van der Waals surface area contributed by atoms with Crippen LogP contribution in [0.1, 0.15) is 20.8 Å². The number of carbonyl (C=O) groups excluding carboxylic acids is 2. The van der Waals surface area contributed by atoms with E-state index in [1.165, 1.54) is 11.8 Å². The number of carbonyl (C=O) groups is 2. The first-order valence-corrected chi connectivity index (χ1v) is 12.5. The molecule has 8 nitrogen and oxygen atoms in total. The summed E-state index contributed by atoms with van der Waals surface area (Å²) >= 11 is 13.3. The minimum absolute atomic E-state index is 0.00350. The average Bonchev–Trinajstić information content (AvgIpc) is 3.05. The Bertz CT molecular complexity index is 1010. The number of sulfone groups is 1. The quantitative estimate of drug-likeness (QED) is 0.689. The molecule has 0 spiro atoms. The van der Waals surface area contributed by atoms with Gasteiger partial charge in [-0.15, -0.1) is 0 Å². The van der Waals surface area contributed by atoms with Gasteiger partial charge in [0.1, 0.15) is 12.1 Å². The molecular weight excluding hydrogens is 473 g/mol. The number of ether oxygens (including phenoxy) is 1. The van der Waals surface area contributed by atoms with E-state index in [2.05, 4.69) is 10.3 Å². The number of hydrogen-bond donors (Lipinski definition) is 1. The molecule has 30 heavy (non-hydrogen) atoms. The number of aliphatic imine (C=N–C) groups is 1. The fourth-order valence-corrected chi connectivity index (χ4v) is 7.33. The van der Waals surface area contributed by atoms with Crippen molar-refractivity contribution in [2.75, 3.05) is 23.0 Å². The van der Waals surface area contributed by atoms with E-state index >= 15 is 0 Å². The van der Waals surface area contributed by atoms with Gasteiger partial charge < -0.3 is 15.0 Å². The van der Waals surface area contributed by atoms with Gasteiger partial charge in [-0.05, 0) is 39.0 Å². The molecule has 0 bridgehead atoms. The molecule has 164 valence electrons. The Morgan fingerprint density at radius 1 is 1.27 bits per heavy atom. The van der Waals surface area contributed by atoms with Crippen molar-refractivity contribution in [2.24, 2.45) is 4.99 Å². The number of nitrogens with one attached hydrogen (secondary N) is 1. The first-order valence-electron chi connectivity index (χ1n) is 9.04. The van der Waals surface area contributed by atoms with Crippen molar-refractivity contribution >= 4 is 67.7 Å². The maximum atomic E-state index is 12.4. The Balaban J connectivity index is 1.80. The van der Waals surface area contributed by atoms with E-state index in [1.807, 2.05) is 0 Å². The van der Waals surface area contributed by atoms with Crippen LogP contribution in [0, 0.1) is 0 Å². The van der Waals surface area contributed by atoms with Crippen molar-refractivity contribution < 1.29 is 22.7 Å². The minimum Gasteiger partial charge on any atom is -0.444 e. The number of fused-ring (bicyclic) bond motifs is 1. The van der Waals surface area contributed by atoms with Crippen molar-refractivity contribution in [3.8, 4) is 0 Å². The second kappa shape index (κ2) is 8.57. The number of hydrogen-bond acceptors (Lipinski definition) is 6. The summed E-state index contributed by atoms with van der Waals surface area (Å²) in [7, 11) is -3.19. The van der Waals surface area contributed by atoms with Crippen LogP contribution in [0.4, 0.5) is 10.5 Å². The molecule has 2 aliphatic heterocycles. The monoisotopic (exact) mass is 493 g/mol. The fourth-order valence-electron chi connectivity index (χ4n) is 3.11. The lowest BCUT2D eigenvalue weighted by Gasteiger charge is -2.24. The zero-order chi connectivity index (χ0) is 22.3. The van der Waals surface area contributed by atoms with E-state index in [1.54, 1.807) is 43.9 Å². The lowest BCUT2D eigenvalue weighted by Crippen LogP contribution is -2.38. The van der Waals surface area contributed by atoms with Gasteiger partial charge in [-0.3, -0.25) is 4.79 Å². The molecule has 2 atom stereocenters. The van der Waals surface area contributed by atoms with Crippen LogP contribution < -0.4 is 10.2 Å². The van der Waals surface area contributed by atoms with Crippen molar-refractivity contribution in [1.29, 1.82) is 0 Å². The van der Waals surface area contributed by atoms with E-state index in [9.17, 15) is 18.0 Å². The summed E-state index contributed by atoms with van der Waals surface area (Å²) in [6.45, 7) is 4.80. The molecule has 2 heterocycles. The van der Waals surface area contributed by atoms with Crippen LogP contribution in [-0.4, -0.2) is 60.5 Å². The maximum Gasteiger partial charge on any atom is 0.408 e. The van der Waals surface area contributed by atoms with Crippen LogP contribution in [-0.2, 0) is 19.4 Å². The first-order chi connectivity index (χ1) is 13.8. The summed E-state index contributed by atoms with van der Waals surface area (Å²) in [5.41, 5.74) is -0.0957. The third-order valence-corrected chi connectivity index (χ3v) is 8.20. The molecule has 3 rings (SSSR count). The number of amides is 2. The van der Waals surface area contributed by atoms with Gasteiger partial charge in [0.05, 0.1) is 27.6 Å². The summed E-state index contributed by atoms with van der Waals surface area (Å²) in [6, 6.07) is 4.53. The number of amidine groups is 1. The topological polar surface area (TPSA) is 105 Å². The molecule has 1 N–H and O–H groups in total. The third-order valence-electron chi connectivity index (χ3n) is 4.25.